The van der Waals surface area contributed by atoms with E-state index < -0.39 is 0 Å². The summed E-state index contributed by atoms with van der Waals surface area (Å²) in [5.74, 6) is 1.16. The van der Waals surface area contributed by atoms with Gasteiger partial charge in [0.05, 0.1) is 19.8 Å². The highest BCUT2D eigenvalue weighted by Gasteiger charge is 2.32. The van der Waals surface area contributed by atoms with E-state index >= 15 is 0 Å². The van der Waals surface area contributed by atoms with Gasteiger partial charge in [-0.2, -0.15) is 4.98 Å². The highest BCUT2D eigenvalue weighted by atomic mass is 16.5. The van der Waals surface area contributed by atoms with Crippen molar-refractivity contribution in [3.05, 3.63) is 11.7 Å². The maximum atomic E-state index is 12.7. The van der Waals surface area contributed by atoms with E-state index in [-0.39, 0.29) is 12.1 Å². The summed E-state index contributed by atoms with van der Waals surface area (Å²) in [5, 5.41) is 7.06. The Morgan fingerprint density at radius 2 is 2.15 bits per heavy atom. The van der Waals surface area contributed by atoms with E-state index in [4.69, 9.17) is 14.0 Å². The summed E-state index contributed by atoms with van der Waals surface area (Å²) < 4.78 is 15.8. The fourth-order valence-electron chi connectivity index (χ4n) is 3.55. The number of likely N-dealkylation sites (tertiary alicyclic amines) is 1. The average Bonchev–Trinajstić information content (AvgIpc) is 3.19. The number of methoxy groups -OCH3 is 1. The van der Waals surface area contributed by atoms with Crippen molar-refractivity contribution in [3.63, 3.8) is 0 Å². The van der Waals surface area contributed by atoms with E-state index in [2.05, 4.69) is 20.4 Å². The Hall–Kier alpha value is -1.71. The number of hydrogen-bond donors (Lipinski definition) is 1. The van der Waals surface area contributed by atoms with Crippen LogP contribution in [0.25, 0.3) is 0 Å². The second kappa shape index (κ2) is 10.6. The van der Waals surface area contributed by atoms with Gasteiger partial charge < -0.3 is 24.2 Å². The van der Waals surface area contributed by atoms with Crippen LogP contribution in [0.4, 0.5) is 4.79 Å². The molecule has 2 amide bonds. The normalized spacial score (nSPS) is 21.4. The average molecular weight is 381 g/mol. The molecule has 0 aromatic carbocycles. The molecule has 1 aromatic rings. The van der Waals surface area contributed by atoms with Gasteiger partial charge in [0, 0.05) is 39.7 Å². The molecule has 2 fully saturated rings. The van der Waals surface area contributed by atoms with Crippen LogP contribution in [0, 0.1) is 0 Å². The van der Waals surface area contributed by atoms with Gasteiger partial charge in [0.1, 0.15) is 6.04 Å². The number of ether oxygens (including phenoxy) is 2. The first-order valence-corrected chi connectivity index (χ1v) is 9.94. The fraction of sp³-hybridized carbons (Fsp3) is 0.833. The summed E-state index contributed by atoms with van der Waals surface area (Å²) in [4.78, 5) is 21.4. The molecule has 0 unspecified atom stereocenters. The number of urea groups is 1. The van der Waals surface area contributed by atoms with Gasteiger partial charge in [-0.3, -0.25) is 4.90 Å². The lowest BCUT2D eigenvalue weighted by Gasteiger charge is -2.33. The summed E-state index contributed by atoms with van der Waals surface area (Å²) in [5.41, 5.74) is 0. The van der Waals surface area contributed by atoms with Gasteiger partial charge in [0.2, 0.25) is 5.89 Å². The van der Waals surface area contributed by atoms with Crippen LogP contribution in [0.15, 0.2) is 4.52 Å². The quantitative estimate of drug-likeness (QED) is 0.677. The first-order valence-electron chi connectivity index (χ1n) is 9.94. The monoisotopic (exact) mass is 381 g/mol. The van der Waals surface area contributed by atoms with E-state index in [1.165, 1.54) is 0 Å². The highest BCUT2D eigenvalue weighted by molar-refractivity contribution is 5.74. The number of morpholine rings is 1. The molecule has 1 N–H and O–H groups in total. The van der Waals surface area contributed by atoms with Crippen LogP contribution in [0.3, 0.4) is 0 Å². The third kappa shape index (κ3) is 5.88. The number of nitrogens with one attached hydrogen (secondary N) is 1. The van der Waals surface area contributed by atoms with Crippen molar-refractivity contribution in [3.8, 4) is 0 Å². The highest BCUT2D eigenvalue weighted by Crippen LogP contribution is 2.29. The minimum Gasteiger partial charge on any atom is -0.384 e. The standard InChI is InChI=1S/C18H31N5O4/c1-25-12-6-16-20-17(27-21-16)15-5-2-3-9-23(15)18(24)19-7-4-8-22-10-13-26-14-11-22/h15H,2-14H2,1H3,(H,19,24)/t15-/m1/s1. The molecule has 9 nitrogen and oxygen atoms in total. The zero-order valence-corrected chi connectivity index (χ0v) is 16.2. The van der Waals surface area contributed by atoms with Crippen LogP contribution >= 0.6 is 0 Å². The fourth-order valence-corrected chi connectivity index (χ4v) is 3.55. The molecule has 3 heterocycles. The van der Waals surface area contributed by atoms with Crippen LogP contribution in [0.2, 0.25) is 0 Å². The lowest BCUT2D eigenvalue weighted by Crippen LogP contribution is -2.45. The Morgan fingerprint density at radius 1 is 1.30 bits per heavy atom. The number of carbonyl (C=O) groups excluding carboxylic acids is 1. The SMILES string of the molecule is COCCc1noc([C@H]2CCCCN2C(=O)NCCCN2CCOCC2)n1. The van der Waals surface area contributed by atoms with Gasteiger partial charge in [-0.25, -0.2) is 4.79 Å². The van der Waals surface area contributed by atoms with Crippen LogP contribution in [-0.4, -0.2) is 85.6 Å². The van der Waals surface area contributed by atoms with Crippen LogP contribution in [0.1, 0.15) is 43.4 Å². The molecule has 1 aromatic heterocycles. The van der Waals surface area contributed by atoms with Crippen LogP contribution < -0.4 is 5.32 Å². The first kappa shape index (κ1) is 20.0. The molecule has 0 aliphatic carbocycles. The van der Waals surface area contributed by atoms with Crippen molar-refractivity contribution in [1.82, 2.24) is 25.3 Å². The molecule has 0 bridgehead atoms. The molecule has 152 valence electrons. The van der Waals surface area contributed by atoms with E-state index in [9.17, 15) is 4.79 Å². The van der Waals surface area contributed by atoms with Gasteiger partial charge in [-0.15, -0.1) is 0 Å². The summed E-state index contributed by atoms with van der Waals surface area (Å²) >= 11 is 0. The number of carbonyl (C=O) groups is 1. The van der Waals surface area contributed by atoms with Crippen molar-refractivity contribution in [2.75, 3.05) is 59.7 Å². The Labute approximate surface area is 160 Å². The van der Waals surface area contributed by atoms with Crippen molar-refractivity contribution in [2.45, 2.75) is 38.1 Å². The maximum absolute atomic E-state index is 12.7. The van der Waals surface area contributed by atoms with E-state index in [1.807, 2.05) is 4.90 Å². The Morgan fingerprint density at radius 3 is 2.96 bits per heavy atom. The van der Waals surface area contributed by atoms with Gasteiger partial charge in [0.15, 0.2) is 5.82 Å². The number of aromatic nitrogens is 2. The predicted molar refractivity (Wildman–Crippen MR) is 98.5 cm³/mol. The molecule has 0 spiro atoms. The van der Waals surface area contributed by atoms with Crippen molar-refractivity contribution < 1.29 is 18.8 Å². The molecule has 2 saturated heterocycles. The van der Waals surface area contributed by atoms with Gasteiger partial charge in [-0.05, 0) is 32.2 Å². The van der Waals surface area contributed by atoms with Gasteiger partial charge in [-0.1, -0.05) is 5.16 Å². The van der Waals surface area contributed by atoms with Gasteiger partial charge in [0.25, 0.3) is 0 Å². The topological polar surface area (TPSA) is 93.0 Å². The van der Waals surface area contributed by atoms with Crippen molar-refractivity contribution in [2.24, 2.45) is 0 Å². The number of amides is 2. The molecular weight excluding hydrogens is 350 g/mol. The van der Waals surface area contributed by atoms with Gasteiger partial charge >= 0.3 is 6.03 Å². The Kier molecular flexibility index (Phi) is 7.85. The molecule has 2 aliphatic heterocycles. The second-order valence-electron chi connectivity index (χ2n) is 7.04. The summed E-state index contributed by atoms with van der Waals surface area (Å²) in [6.45, 7) is 6.49. The molecule has 3 rings (SSSR count). The Balaban J connectivity index is 1.47. The van der Waals surface area contributed by atoms with Crippen LogP contribution in [-0.2, 0) is 15.9 Å². The number of hydrogen-bond acceptors (Lipinski definition) is 7. The molecule has 1 atom stereocenters. The largest absolute Gasteiger partial charge is 0.384 e. The lowest BCUT2D eigenvalue weighted by atomic mass is 10.0. The second-order valence-corrected chi connectivity index (χ2v) is 7.04. The van der Waals surface area contributed by atoms with Crippen molar-refractivity contribution >= 4 is 6.03 Å². The first-order chi connectivity index (χ1) is 13.3. The van der Waals surface area contributed by atoms with E-state index in [0.29, 0.717) is 31.3 Å². The zero-order chi connectivity index (χ0) is 18.9. The molecule has 9 heteroatoms. The number of piperidine rings is 1. The third-order valence-electron chi connectivity index (χ3n) is 5.09. The summed E-state index contributed by atoms with van der Waals surface area (Å²) in [6.07, 6.45) is 4.46. The van der Waals surface area contributed by atoms with Crippen LogP contribution in [0.5, 0.6) is 0 Å². The smallest absolute Gasteiger partial charge is 0.318 e. The number of rotatable bonds is 8. The maximum Gasteiger partial charge on any atom is 0.318 e. The summed E-state index contributed by atoms with van der Waals surface area (Å²) in [6, 6.07) is -0.180. The number of nitrogens with zero attached hydrogens (tertiary/aromatic N) is 4. The molecule has 0 saturated carbocycles. The summed E-state index contributed by atoms with van der Waals surface area (Å²) in [7, 11) is 1.65. The van der Waals surface area contributed by atoms with Crippen molar-refractivity contribution in [1.29, 1.82) is 0 Å². The van der Waals surface area contributed by atoms with E-state index in [0.717, 1.165) is 65.1 Å². The lowest BCUT2D eigenvalue weighted by molar-refractivity contribution is 0.0374. The predicted octanol–water partition coefficient (Wildman–Crippen LogP) is 1.22. The minimum atomic E-state index is -0.137. The van der Waals surface area contributed by atoms with E-state index in [1.54, 1.807) is 7.11 Å². The molecule has 2 aliphatic rings. The molecule has 0 radical (unpaired) electrons. The third-order valence-corrected chi connectivity index (χ3v) is 5.09. The molecule has 27 heavy (non-hydrogen) atoms. The Bertz CT molecular complexity index is 576. The zero-order valence-electron chi connectivity index (χ0n) is 16.2. The molecular formula is C18H31N5O4. The minimum absolute atomic E-state index is 0.0432.